The van der Waals surface area contributed by atoms with Crippen molar-refractivity contribution >= 4 is 5.97 Å². The zero-order chi connectivity index (χ0) is 12.1. The van der Waals surface area contributed by atoms with Gasteiger partial charge in [-0.3, -0.25) is 9.78 Å². The Hall–Kier alpha value is -1.38. The predicted octanol–water partition coefficient (Wildman–Crippen LogP) is 2.92. The molecule has 3 nitrogen and oxygen atoms in total. The summed E-state index contributed by atoms with van der Waals surface area (Å²) in [4.78, 5) is 16.0. The van der Waals surface area contributed by atoms with Crippen LogP contribution in [0.5, 0.6) is 0 Å². The van der Waals surface area contributed by atoms with E-state index in [-0.39, 0.29) is 11.9 Å². The zero-order valence-electron chi connectivity index (χ0n) is 10.3. The second-order valence-electron chi connectivity index (χ2n) is 4.56. The highest BCUT2D eigenvalue weighted by Crippen LogP contribution is 2.35. The molecule has 0 atom stereocenters. The van der Waals surface area contributed by atoms with Crippen LogP contribution in [-0.2, 0) is 9.53 Å². The summed E-state index contributed by atoms with van der Waals surface area (Å²) in [6.07, 6.45) is 5.79. The number of aromatic nitrogens is 1. The molecule has 0 N–H and O–H groups in total. The van der Waals surface area contributed by atoms with Crippen LogP contribution >= 0.6 is 0 Å². The smallest absolute Gasteiger partial charge is 0.308 e. The van der Waals surface area contributed by atoms with E-state index in [0.717, 1.165) is 31.4 Å². The van der Waals surface area contributed by atoms with Crippen LogP contribution in [0.2, 0.25) is 0 Å². The van der Waals surface area contributed by atoms with E-state index in [2.05, 4.69) is 11.1 Å². The Morgan fingerprint density at radius 3 is 2.71 bits per heavy atom. The third kappa shape index (κ3) is 3.05. The lowest BCUT2D eigenvalue weighted by Crippen LogP contribution is -2.23. The van der Waals surface area contributed by atoms with Crippen LogP contribution in [0.25, 0.3) is 0 Å². The molecule has 0 aromatic carbocycles. The van der Waals surface area contributed by atoms with E-state index in [1.807, 2.05) is 25.3 Å². The Morgan fingerprint density at radius 2 is 2.12 bits per heavy atom. The van der Waals surface area contributed by atoms with Crippen LogP contribution in [0.3, 0.4) is 0 Å². The average Bonchev–Trinajstić information content (AvgIpc) is 2.40. The van der Waals surface area contributed by atoms with Gasteiger partial charge in [-0.15, -0.1) is 0 Å². The van der Waals surface area contributed by atoms with Gasteiger partial charge in [0.1, 0.15) is 0 Å². The first-order chi connectivity index (χ1) is 8.31. The van der Waals surface area contributed by atoms with Crippen molar-refractivity contribution in [1.29, 1.82) is 0 Å². The second-order valence-corrected chi connectivity index (χ2v) is 4.56. The van der Waals surface area contributed by atoms with Gasteiger partial charge in [0.05, 0.1) is 12.5 Å². The number of nitrogens with zero attached hydrogens (tertiary/aromatic N) is 1. The Bertz CT molecular complexity index is 356. The van der Waals surface area contributed by atoms with E-state index in [4.69, 9.17) is 4.74 Å². The molecule has 1 aliphatic carbocycles. The SMILES string of the molecule is CCOC(=O)[C@H]1CC[C@H](c2ccccn2)CC1. The van der Waals surface area contributed by atoms with E-state index < -0.39 is 0 Å². The molecule has 1 fully saturated rings. The number of hydrogen-bond acceptors (Lipinski definition) is 3. The van der Waals surface area contributed by atoms with Crippen molar-refractivity contribution in [3.8, 4) is 0 Å². The van der Waals surface area contributed by atoms with E-state index in [9.17, 15) is 4.79 Å². The molecular weight excluding hydrogens is 214 g/mol. The highest BCUT2D eigenvalue weighted by molar-refractivity contribution is 5.72. The standard InChI is InChI=1S/C14H19NO2/c1-2-17-14(16)12-8-6-11(7-9-12)13-5-3-4-10-15-13/h3-5,10-12H,2,6-9H2,1H3/t11-,12-. The fourth-order valence-corrected chi connectivity index (χ4v) is 2.50. The third-order valence-corrected chi connectivity index (χ3v) is 3.45. The number of hydrogen-bond donors (Lipinski definition) is 0. The first kappa shape index (κ1) is 12.1. The first-order valence-electron chi connectivity index (χ1n) is 6.38. The molecule has 0 radical (unpaired) electrons. The summed E-state index contributed by atoms with van der Waals surface area (Å²) in [5, 5.41) is 0. The van der Waals surface area contributed by atoms with E-state index in [1.54, 1.807) is 0 Å². The van der Waals surface area contributed by atoms with Gasteiger partial charge in [-0.1, -0.05) is 6.07 Å². The fourth-order valence-electron chi connectivity index (χ4n) is 2.50. The summed E-state index contributed by atoms with van der Waals surface area (Å²) >= 11 is 0. The van der Waals surface area contributed by atoms with Crippen LogP contribution in [-0.4, -0.2) is 17.6 Å². The quantitative estimate of drug-likeness (QED) is 0.753. The van der Waals surface area contributed by atoms with Crippen molar-refractivity contribution in [1.82, 2.24) is 4.98 Å². The van der Waals surface area contributed by atoms with Crippen LogP contribution in [0, 0.1) is 5.92 Å². The van der Waals surface area contributed by atoms with Crippen LogP contribution < -0.4 is 0 Å². The molecule has 0 unspecified atom stereocenters. The molecule has 2 rings (SSSR count). The molecule has 3 heteroatoms. The van der Waals surface area contributed by atoms with Gasteiger partial charge in [-0.2, -0.15) is 0 Å². The maximum atomic E-state index is 11.6. The van der Waals surface area contributed by atoms with Gasteiger partial charge in [0, 0.05) is 17.8 Å². The summed E-state index contributed by atoms with van der Waals surface area (Å²) in [6, 6.07) is 6.04. The normalized spacial score (nSPS) is 24.3. The van der Waals surface area contributed by atoms with Gasteiger partial charge in [0.15, 0.2) is 0 Å². The second kappa shape index (κ2) is 5.80. The molecule has 17 heavy (non-hydrogen) atoms. The fraction of sp³-hybridized carbons (Fsp3) is 0.571. The molecule has 1 saturated carbocycles. The zero-order valence-corrected chi connectivity index (χ0v) is 10.3. The lowest BCUT2D eigenvalue weighted by Gasteiger charge is -2.26. The van der Waals surface area contributed by atoms with E-state index in [1.165, 1.54) is 0 Å². The number of carbonyl (C=O) groups excluding carboxylic acids is 1. The third-order valence-electron chi connectivity index (χ3n) is 3.45. The van der Waals surface area contributed by atoms with Crippen molar-refractivity contribution in [2.75, 3.05) is 6.61 Å². The Balaban J connectivity index is 1.88. The van der Waals surface area contributed by atoms with Crippen LogP contribution in [0.15, 0.2) is 24.4 Å². The highest BCUT2D eigenvalue weighted by atomic mass is 16.5. The summed E-state index contributed by atoms with van der Waals surface area (Å²) in [7, 11) is 0. The Labute approximate surface area is 102 Å². The maximum Gasteiger partial charge on any atom is 0.308 e. The topological polar surface area (TPSA) is 39.2 Å². The lowest BCUT2D eigenvalue weighted by atomic mass is 9.80. The molecule has 0 aliphatic heterocycles. The number of ether oxygens (including phenoxy) is 1. The molecule has 0 saturated heterocycles. The van der Waals surface area contributed by atoms with Crippen molar-refractivity contribution in [2.45, 2.75) is 38.5 Å². The molecule has 1 aromatic heterocycles. The molecule has 1 aliphatic rings. The minimum absolute atomic E-state index is 0.0213. The highest BCUT2D eigenvalue weighted by Gasteiger charge is 2.28. The van der Waals surface area contributed by atoms with E-state index >= 15 is 0 Å². The number of pyridine rings is 1. The Kier molecular flexibility index (Phi) is 4.13. The van der Waals surface area contributed by atoms with Gasteiger partial charge in [-0.25, -0.2) is 0 Å². The largest absolute Gasteiger partial charge is 0.466 e. The molecule has 0 amide bonds. The lowest BCUT2D eigenvalue weighted by molar-refractivity contribution is -0.149. The summed E-state index contributed by atoms with van der Waals surface area (Å²) in [6.45, 7) is 2.34. The molecule has 1 heterocycles. The number of esters is 1. The van der Waals surface area contributed by atoms with Gasteiger partial charge in [0.2, 0.25) is 0 Å². The van der Waals surface area contributed by atoms with Gasteiger partial charge in [-0.05, 0) is 44.7 Å². The van der Waals surface area contributed by atoms with Crippen molar-refractivity contribution in [3.63, 3.8) is 0 Å². The summed E-state index contributed by atoms with van der Waals surface area (Å²) < 4.78 is 5.07. The summed E-state index contributed by atoms with van der Waals surface area (Å²) in [5.41, 5.74) is 1.16. The molecular formula is C14H19NO2. The monoisotopic (exact) mass is 233 g/mol. The minimum atomic E-state index is -0.0213. The van der Waals surface area contributed by atoms with Crippen LogP contribution in [0.4, 0.5) is 0 Å². The first-order valence-corrected chi connectivity index (χ1v) is 6.38. The Morgan fingerprint density at radius 1 is 1.35 bits per heavy atom. The van der Waals surface area contributed by atoms with Gasteiger partial charge < -0.3 is 4.74 Å². The predicted molar refractivity (Wildman–Crippen MR) is 65.6 cm³/mol. The maximum absolute atomic E-state index is 11.6. The molecule has 0 bridgehead atoms. The number of rotatable bonds is 3. The molecule has 92 valence electrons. The summed E-state index contributed by atoms with van der Waals surface area (Å²) in [5.74, 6) is 0.601. The molecule has 0 spiro atoms. The van der Waals surface area contributed by atoms with Gasteiger partial charge in [0.25, 0.3) is 0 Å². The minimum Gasteiger partial charge on any atom is -0.466 e. The molecule has 1 aromatic rings. The van der Waals surface area contributed by atoms with Crippen molar-refractivity contribution in [2.24, 2.45) is 5.92 Å². The average molecular weight is 233 g/mol. The van der Waals surface area contributed by atoms with Crippen molar-refractivity contribution in [3.05, 3.63) is 30.1 Å². The number of carbonyl (C=O) groups is 1. The van der Waals surface area contributed by atoms with Crippen molar-refractivity contribution < 1.29 is 9.53 Å². The van der Waals surface area contributed by atoms with E-state index in [0.29, 0.717) is 12.5 Å². The van der Waals surface area contributed by atoms with Crippen LogP contribution in [0.1, 0.15) is 44.2 Å². The van der Waals surface area contributed by atoms with Gasteiger partial charge >= 0.3 is 5.97 Å².